The fraction of sp³-hybridized carbons (Fsp3) is 0.692. The summed E-state index contributed by atoms with van der Waals surface area (Å²) in [6.45, 7) is 6.06. The fourth-order valence-electron chi connectivity index (χ4n) is 1.73. The van der Waals surface area contributed by atoms with Crippen LogP contribution >= 0.6 is 0 Å². The van der Waals surface area contributed by atoms with Crippen LogP contribution in [0.15, 0.2) is 12.2 Å². The first-order valence-corrected chi connectivity index (χ1v) is 5.88. The summed E-state index contributed by atoms with van der Waals surface area (Å²) in [5, 5.41) is 9.22. The number of rotatable bonds is 5. The molecule has 18 heavy (non-hydrogen) atoms. The molecule has 5 nitrogen and oxygen atoms in total. The van der Waals surface area contributed by atoms with Gasteiger partial charge < -0.3 is 14.9 Å². The Hall–Kier alpha value is -1.36. The van der Waals surface area contributed by atoms with E-state index in [0.717, 1.165) is 0 Å². The molecule has 0 aromatic rings. The van der Waals surface area contributed by atoms with Gasteiger partial charge in [0.2, 0.25) is 5.91 Å². The summed E-state index contributed by atoms with van der Waals surface area (Å²) < 4.78 is 0. The van der Waals surface area contributed by atoms with Crippen molar-refractivity contribution < 1.29 is 14.7 Å². The smallest absolute Gasteiger partial charge is 0.326 e. The highest BCUT2D eigenvalue weighted by Gasteiger charge is 2.36. The molecule has 0 fully saturated rings. The van der Waals surface area contributed by atoms with Crippen molar-refractivity contribution in [3.05, 3.63) is 12.2 Å². The van der Waals surface area contributed by atoms with Crippen LogP contribution in [0, 0.1) is 5.41 Å². The lowest BCUT2D eigenvalue weighted by Gasteiger charge is -2.34. The number of hydrogen-bond donors (Lipinski definition) is 1. The number of carbonyl (C=O) groups excluding carboxylic acids is 1. The molecule has 1 atom stereocenters. The van der Waals surface area contributed by atoms with Gasteiger partial charge in [0.1, 0.15) is 6.04 Å². The standard InChI is InChI=1S/C13H24N2O3/c1-13(2,3)11(12(17)18)15(6)10(16)8-7-9-14(4)5/h7-8,11H,9H2,1-6H3,(H,17,18)/b8-7+. The molecule has 0 aliphatic carbocycles. The largest absolute Gasteiger partial charge is 0.480 e. The molecule has 104 valence electrons. The van der Waals surface area contributed by atoms with Gasteiger partial charge in [-0.05, 0) is 19.5 Å². The lowest BCUT2D eigenvalue weighted by molar-refractivity contribution is -0.152. The Morgan fingerprint density at radius 1 is 1.22 bits per heavy atom. The molecule has 0 bridgehead atoms. The van der Waals surface area contributed by atoms with Gasteiger partial charge in [-0.1, -0.05) is 26.8 Å². The Balaban J connectivity index is 4.79. The zero-order chi connectivity index (χ0) is 14.5. The number of aliphatic carboxylic acids is 1. The molecule has 0 aliphatic rings. The first-order chi connectivity index (χ1) is 8.07. The number of carboxylic acids is 1. The van der Waals surface area contributed by atoms with Crippen molar-refractivity contribution in [3.8, 4) is 0 Å². The van der Waals surface area contributed by atoms with E-state index in [-0.39, 0.29) is 5.91 Å². The third-order valence-electron chi connectivity index (χ3n) is 2.52. The molecule has 0 aliphatic heterocycles. The lowest BCUT2D eigenvalue weighted by Crippen LogP contribution is -2.49. The Labute approximate surface area is 109 Å². The number of carbonyl (C=O) groups is 2. The van der Waals surface area contributed by atoms with Crippen molar-refractivity contribution in [2.24, 2.45) is 5.41 Å². The van der Waals surface area contributed by atoms with E-state index in [0.29, 0.717) is 6.54 Å². The molecule has 0 aromatic carbocycles. The third kappa shape index (κ3) is 5.31. The minimum absolute atomic E-state index is 0.292. The number of carboxylic acid groups (broad SMARTS) is 1. The molecule has 0 radical (unpaired) electrons. The molecule has 0 aromatic heterocycles. The van der Waals surface area contributed by atoms with E-state index in [4.69, 9.17) is 0 Å². The van der Waals surface area contributed by atoms with Gasteiger partial charge >= 0.3 is 5.97 Å². The van der Waals surface area contributed by atoms with Crippen LogP contribution in [0.4, 0.5) is 0 Å². The Bertz CT molecular complexity index is 330. The average molecular weight is 256 g/mol. The zero-order valence-corrected chi connectivity index (χ0v) is 12.1. The molecular formula is C13H24N2O3. The normalized spacial score (nSPS) is 13.9. The van der Waals surface area contributed by atoms with E-state index in [1.54, 1.807) is 26.8 Å². The average Bonchev–Trinajstić information content (AvgIpc) is 2.13. The van der Waals surface area contributed by atoms with Crippen molar-refractivity contribution in [3.63, 3.8) is 0 Å². The predicted molar refractivity (Wildman–Crippen MR) is 71.3 cm³/mol. The van der Waals surface area contributed by atoms with E-state index >= 15 is 0 Å². The molecule has 0 rings (SSSR count). The van der Waals surface area contributed by atoms with Gasteiger partial charge in [0.25, 0.3) is 0 Å². The van der Waals surface area contributed by atoms with E-state index < -0.39 is 17.4 Å². The summed E-state index contributed by atoms with van der Waals surface area (Å²) in [6.07, 6.45) is 3.14. The van der Waals surface area contributed by atoms with Gasteiger partial charge in [-0.3, -0.25) is 4.79 Å². The number of amides is 1. The van der Waals surface area contributed by atoms with E-state index in [1.807, 2.05) is 19.0 Å². The highest BCUT2D eigenvalue weighted by atomic mass is 16.4. The maximum Gasteiger partial charge on any atom is 0.326 e. The Morgan fingerprint density at radius 3 is 2.06 bits per heavy atom. The van der Waals surface area contributed by atoms with Crippen molar-refractivity contribution >= 4 is 11.9 Å². The maximum absolute atomic E-state index is 11.9. The van der Waals surface area contributed by atoms with Crippen LogP contribution in [0.3, 0.4) is 0 Å². The van der Waals surface area contributed by atoms with Crippen LogP contribution in [0.5, 0.6) is 0 Å². The number of nitrogens with zero attached hydrogens (tertiary/aromatic N) is 2. The highest BCUT2D eigenvalue weighted by Crippen LogP contribution is 2.24. The second-order valence-electron chi connectivity index (χ2n) is 5.72. The fourth-order valence-corrected chi connectivity index (χ4v) is 1.73. The van der Waals surface area contributed by atoms with Gasteiger partial charge in [0, 0.05) is 19.7 Å². The first-order valence-electron chi connectivity index (χ1n) is 5.88. The van der Waals surface area contributed by atoms with Crippen LogP contribution in [-0.2, 0) is 9.59 Å². The monoisotopic (exact) mass is 256 g/mol. The van der Waals surface area contributed by atoms with Crippen molar-refractivity contribution in [2.75, 3.05) is 27.7 Å². The van der Waals surface area contributed by atoms with Gasteiger partial charge in [-0.2, -0.15) is 0 Å². The Kier molecular flexibility index (Phi) is 6.05. The summed E-state index contributed by atoms with van der Waals surface area (Å²) in [7, 11) is 5.31. The SMILES string of the molecule is CN(C)C/C=C/C(=O)N(C)C(C(=O)O)C(C)(C)C. The molecular weight excluding hydrogens is 232 g/mol. The molecule has 0 saturated heterocycles. The first kappa shape index (κ1) is 16.6. The maximum atomic E-state index is 11.9. The van der Waals surface area contributed by atoms with Crippen LogP contribution in [-0.4, -0.2) is 60.5 Å². The number of likely N-dealkylation sites (N-methyl/N-ethyl adjacent to an activating group) is 2. The zero-order valence-electron chi connectivity index (χ0n) is 12.1. The van der Waals surface area contributed by atoms with Crippen molar-refractivity contribution in [1.29, 1.82) is 0 Å². The quantitative estimate of drug-likeness (QED) is 0.747. The van der Waals surface area contributed by atoms with Crippen LogP contribution in [0.2, 0.25) is 0 Å². The van der Waals surface area contributed by atoms with E-state index in [1.165, 1.54) is 18.0 Å². The Morgan fingerprint density at radius 2 is 1.72 bits per heavy atom. The van der Waals surface area contributed by atoms with Gasteiger partial charge in [0.05, 0.1) is 0 Å². The predicted octanol–water partition coefficient (Wildman–Crippen LogP) is 1.06. The van der Waals surface area contributed by atoms with Crippen LogP contribution < -0.4 is 0 Å². The highest BCUT2D eigenvalue weighted by molar-refractivity contribution is 5.91. The summed E-state index contributed by atoms with van der Waals surface area (Å²) in [6, 6.07) is -0.839. The lowest BCUT2D eigenvalue weighted by atomic mass is 9.86. The van der Waals surface area contributed by atoms with Gasteiger partial charge in [0.15, 0.2) is 0 Å². The second-order valence-corrected chi connectivity index (χ2v) is 5.72. The molecule has 0 spiro atoms. The molecule has 0 saturated carbocycles. The molecule has 5 heteroatoms. The summed E-state index contributed by atoms with van der Waals surface area (Å²) in [5.41, 5.74) is -0.508. The molecule has 1 unspecified atom stereocenters. The topological polar surface area (TPSA) is 60.9 Å². The third-order valence-corrected chi connectivity index (χ3v) is 2.52. The van der Waals surface area contributed by atoms with Crippen molar-refractivity contribution in [2.45, 2.75) is 26.8 Å². The van der Waals surface area contributed by atoms with Gasteiger partial charge in [-0.25, -0.2) is 4.79 Å². The summed E-state index contributed by atoms with van der Waals surface area (Å²) >= 11 is 0. The van der Waals surface area contributed by atoms with Gasteiger partial charge in [-0.15, -0.1) is 0 Å². The number of hydrogen-bond acceptors (Lipinski definition) is 3. The second kappa shape index (κ2) is 6.54. The van der Waals surface area contributed by atoms with Crippen LogP contribution in [0.25, 0.3) is 0 Å². The van der Waals surface area contributed by atoms with Crippen molar-refractivity contribution in [1.82, 2.24) is 9.80 Å². The van der Waals surface area contributed by atoms with E-state index in [2.05, 4.69) is 0 Å². The summed E-state index contributed by atoms with van der Waals surface area (Å²) in [4.78, 5) is 26.3. The molecule has 0 heterocycles. The minimum atomic E-state index is -0.987. The summed E-state index contributed by atoms with van der Waals surface area (Å²) in [5.74, 6) is -1.28. The molecule has 1 N–H and O–H groups in total. The van der Waals surface area contributed by atoms with E-state index in [9.17, 15) is 14.7 Å². The molecule has 1 amide bonds. The van der Waals surface area contributed by atoms with Crippen LogP contribution in [0.1, 0.15) is 20.8 Å². The minimum Gasteiger partial charge on any atom is -0.480 e.